The first-order valence-electron chi connectivity index (χ1n) is 5.48. The predicted molar refractivity (Wildman–Crippen MR) is 65.0 cm³/mol. The molecule has 1 aromatic carbocycles. The van der Waals surface area contributed by atoms with Crippen molar-refractivity contribution in [3.63, 3.8) is 0 Å². The van der Waals surface area contributed by atoms with E-state index >= 15 is 0 Å². The van der Waals surface area contributed by atoms with E-state index in [1.165, 1.54) is 24.4 Å². The Balaban J connectivity index is 2.12. The maximum Gasteiger partial charge on any atom is 0.196 e. The molecular weight excluding hydrogens is 231 g/mol. The van der Waals surface area contributed by atoms with Crippen molar-refractivity contribution in [1.29, 1.82) is 0 Å². The van der Waals surface area contributed by atoms with Crippen LogP contribution < -0.4 is 0 Å². The van der Waals surface area contributed by atoms with Gasteiger partial charge in [-0.05, 0) is 24.3 Å². The van der Waals surface area contributed by atoms with Crippen LogP contribution in [0.25, 0.3) is 5.52 Å². The van der Waals surface area contributed by atoms with E-state index in [2.05, 4.69) is 5.10 Å². The molecule has 0 amide bonds. The van der Waals surface area contributed by atoms with Gasteiger partial charge >= 0.3 is 0 Å². The maximum atomic E-state index is 13.1. The maximum absolute atomic E-state index is 13.1. The van der Waals surface area contributed by atoms with Crippen LogP contribution in [0.15, 0.2) is 54.9 Å². The fourth-order valence-electron chi connectivity index (χ4n) is 1.89. The van der Waals surface area contributed by atoms with E-state index in [1.54, 1.807) is 22.8 Å². The Morgan fingerprint density at radius 2 is 2.06 bits per heavy atom. The lowest BCUT2D eigenvalue weighted by molar-refractivity contribution is 0.104. The molecular formula is C14H9FN2O. The molecule has 0 radical (unpaired) electrons. The molecule has 0 bridgehead atoms. The van der Waals surface area contributed by atoms with Crippen LogP contribution in [-0.4, -0.2) is 15.4 Å². The van der Waals surface area contributed by atoms with Gasteiger partial charge in [0, 0.05) is 11.8 Å². The summed E-state index contributed by atoms with van der Waals surface area (Å²) >= 11 is 0. The molecule has 0 unspecified atom stereocenters. The first-order valence-corrected chi connectivity index (χ1v) is 5.48. The summed E-state index contributed by atoms with van der Waals surface area (Å²) in [7, 11) is 0. The summed E-state index contributed by atoms with van der Waals surface area (Å²) in [4.78, 5) is 12.3. The van der Waals surface area contributed by atoms with Crippen LogP contribution in [0.3, 0.4) is 0 Å². The predicted octanol–water partition coefficient (Wildman–Crippen LogP) is 2.70. The Labute approximate surface area is 102 Å². The molecule has 0 saturated carbocycles. The molecule has 3 nitrogen and oxygen atoms in total. The lowest BCUT2D eigenvalue weighted by Gasteiger charge is -1.99. The number of aromatic nitrogens is 2. The molecule has 0 aliphatic heterocycles. The Kier molecular flexibility index (Phi) is 2.41. The zero-order valence-corrected chi connectivity index (χ0v) is 9.38. The number of halogens is 1. The Morgan fingerprint density at radius 3 is 2.89 bits per heavy atom. The van der Waals surface area contributed by atoms with E-state index in [1.807, 2.05) is 12.1 Å². The van der Waals surface area contributed by atoms with Crippen LogP contribution in [0, 0.1) is 5.82 Å². The number of hydrogen-bond donors (Lipinski definition) is 0. The number of ketones is 1. The van der Waals surface area contributed by atoms with Crippen molar-refractivity contribution in [2.45, 2.75) is 0 Å². The molecule has 0 fully saturated rings. The third-order valence-electron chi connectivity index (χ3n) is 2.76. The van der Waals surface area contributed by atoms with Gasteiger partial charge in [-0.2, -0.15) is 5.10 Å². The summed E-state index contributed by atoms with van der Waals surface area (Å²) in [5.41, 5.74) is 1.52. The lowest BCUT2D eigenvalue weighted by Crippen LogP contribution is -2.01. The minimum Gasteiger partial charge on any atom is -0.288 e. The molecule has 0 atom stereocenters. The number of fused-ring (bicyclic) bond motifs is 1. The van der Waals surface area contributed by atoms with Crippen LogP contribution in [-0.2, 0) is 0 Å². The quantitative estimate of drug-likeness (QED) is 0.645. The van der Waals surface area contributed by atoms with Crippen LogP contribution in [0.5, 0.6) is 0 Å². The van der Waals surface area contributed by atoms with Crippen molar-refractivity contribution in [2.24, 2.45) is 0 Å². The lowest BCUT2D eigenvalue weighted by atomic mass is 10.0. The third-order valence-corrected chi connectivity index (χ3v) is 2.76. The molecule has 4 heteroatoms. The fraction of sp³-hybridized carbons (Fsp3) is 0. The van der Waals surface area contributed by atoms with Crippen LogP contribution in [0.4, 0.5) is 4.39 Å². The Morgan fingerprint density at radius 1 is 1.17 bits per heavy atom. The summed E-state index contributed by atoms with van der Waals surface area (Å²) in [5, 5.41) is 4.09. The molecule has 2 heterocycles. The molecule has 88 valence electrons. The monoisotopic (exact) mass is 240 g/mol. The second-order valence-electron chi connectivity index (χ2n) is 3.93. The highest BCUT2D eigenvalue weighted by Gasteiger charge is 2.14. The van der Waals surface area contributed by atoms with Crippen molar-refractivity contribution in [1.82, 2.24) is 9.61 Å². The van der Waals surface area contributed by atoms with E-state index in [0.29, 0.717) is 16.6 Å². The molecule has 0 spiro atoms. The average molecular weight is 240 g/mol. The van der Waals surface area contributed by atoms with E-state index in [0.717, 1.165) is 0 Å². The summed E-state index contributed by atoms with van der Waals surface area (Å²) in [6, 6.07) is 11.1. The third kappa shape index (κ3) is 1.68. The summed E-state index contributed by atoms with van der Waals surface area (Å²) < 4.78 is 14.7. The SMILES string of the molecule is O=C(c1cccc(F)c1)c1cnn2ccccc12. The zero-order valence-electron chi connectivity index (χ0n) is 9.38. The van der Waals surface area contributed by atoms with Crippen molar-refractivity contribution < 1.29 is 9.18 Å². The van der Waals surface area contributed by atoms with Gasteiger partial charge in [-0.3, -0.25) is 4.79 Å². The van der Waals surface area contributed by atoms with E-state index in [9.17, 15) is 9.18 Å². The average Bonchev–Trinajstić information content (AvgIpc) is 2.82. The largest absolute Gasteiger partial charge is 0.288 e. The molecule has 0 saturated heterocycles. The first kappa shape index (κ1) is 10.7. The van der Waals surface area contributed by atoms with Gasteiger partial charge in [0.1, 0.15) is 5.82 Å². The van der Waals surface area contributed by atoms with Crippen molar-refractivity contribution >= 4 is 11.3 Å². The van der Waals surface area contributed by atoms with Gasteiger partial charge in [-0.25, -0.2) is 8.91 Å². The van der Waals surface area contributed by atoms with Gasteiger partial charge in [-0.1, -0.05) is 18.2 Å². The van der Waals surface area contributed by atoms with Crippen molar-refractivity contribution in [3.8, 4) is 0 Å². The molecule has 0 aliphatic rings. The van der Waals surface area contributed by atoms with E-state index in [-0.39, 0.29) is 5.78 Å². The highest BCUT2D eigenvalue weighted by molar-refractivity contribution is 6.12. The number of carbonyl (C=O) groups excluding carboxylic acids is 1. The van der Waals surface area contributed by atoms with Crippen LogP contribution >= 0.6 is 0 Å². The second kappa shape index (κ2) is 4.07. The number of hydrogen-bond acceptors (Lipinski definition) is 2. The van der Waals surface area contributed by atoms with Gasteiger partial charge in [0.25, 0.3) is 0 Å². The topological polar surface area (TPSA) is 34.4 Å². The van der Waals surface area contributed by atoms with Crippen LogP contribution in [0.1, 0.15) is 15.9 Å². The number of carbonyl (C=O) groups is 1. The van der Waals surface area contributed by atoms with Gasteiger partial charge < -0.3 is 0 Å². The van der Waals surface area contributed by atoms with Crippen molar-refractivity contribution in [2.75, 3.05) is 0 Å². The number of rotatable bonds is 2. The molecule has 2 aromatic heterocycles. The smallest absolute Gasteiger partial charge is 0.196 e. The number of nitrogens with zero attached hydrogens (tertiary/aromatic N) is 2. The molecule has 0 aliphatic carbocycles. The molecule has 18 heavy (non-hydrogen) atoms. The van der Waals surface area contributed by atoms with Gasteiger partial charge in [0.2, 0.25) is 0 Å². The van der Waals surface area contributed by atoms with E-state index in [4.69, 9.17) is 0 Å². The Hall–Kier alpha value is -2.49. The summed E-state index contributed by atoms with van der Waals surface area (Å²) in [6.45, 7) is 0. The highest BCUT2D eigenvalue weighted by atomic mass is 19.1. The van der Waals surface area contributed by atoms with E-state index < -0.39 is 5.82 Å². The number of benzene rings is 1. The summed E-state index contributed by atoms with van der Waals surface area (Å²) in [6.07, 6.45) is 3.26. The molecule has 3 aromatic rings. The minimum absolute atomic E-state index is 0.226. The van der Waals surface area contributed by atoms with Gasteiger partial charge in [0.15, 0.2) is 5.78 Å². The fourth-order valence-corrected chi connectivity index (χ4v) is 1.89. The highest BCUT2D eigenvalue weighted by Crippen LogP contribution is 2.16. The Bertz CT molecular complexity index is 733. The molecule has 0 N–H and O–H groups in total. The second-order valence-corrected chi connectivity index (χ2v) is 3.93. The zero-order chi connectivity index (χ0) is 12.5. The first-order chi connectivity index (χ1) is 8.75. The minimum atomic E-state index is -0.419. The number of pyridine rings is 1. The summed E-state index contributed by atoms with van der Waals surface area (Å²) in [5.74, 6) is -0.645. The van der Waals surface area contributed by atoms with Crippen molar-refractivity contribution in [3.05, 3.63) is 71.8 Å². The van der Waals surface area contributed by atoms with Gasteiger partial charge in [0.05, 0.1) is 17.3 Å². The van der Waals surface area contributed by atoms with Crippen LogP contribution in [0.2, 0.25) is 0 Å². The standard InChI is InChI=1S/C14H9FN2O/c15-11-5-3-4-10(8-11)14(18)12-9-16-17-7-2-1-6-13(12)17/h1-9H. The normalized spacial score (nSPS) is 10.7. The molecule has 3 rings (SSSR count). The van der Waals surface area contributed by atoms with Gasteiger partial charge in [-0.15, -0.1) is 0 Å².